The molecule has 1 heterocycles. The number of fused-ring (bicyclic) bond motifs is 1. The molecule has 0 saturated heterocycles. The summed E-state index contributed by atoms with van der Waals surface area (Å²) in [5, 5.41) is 6.65. The molecule has 0 fully saturated rings. The number of thiazole rings is 1. The fourth-order valence-corrected chi connectivity index (χ4v) is 1.88. The molecule has 0 aliphatic heterocycles. The van der Waals surface area contributed by atoms with Crippen LogP contribution in [0.4, 0.5) is 10.8 Å². The smallest absolute Gasteiger partial charge is 0.183 e. The Morgan fingerprint density at radius 1 is 1.54 bits per heavy atom. The molecule has 0 atom stereocenters. The van der Waals surface area contributed by atoms with Crippen LogP contribution >= 0.6 is 11.3 Å². The van der Waals surface area contributed by atoms with Gasteiger partial charge in [-0.15, -0.1) is 4.91 Å². The Kier molecular flexibility index (Phi) is 1.94. The van der Waals surface area contributed by atoms with E-state index in [2.05, 4.69) is 15.5 Å². The molecule has 0 aliphatic carbocycles. The number of hydrogen-bond acceptors (Lipinski definition) is 5. The first kappa shape index (κ1) is 8.12. The van der Waals surface area contributed by atoms with E-state index in [1.54, 1.807) is 23.5 Å². The molecule has 66 valence electrons. The van der Waals surface area contributed by atoms with Crippen LogP contribution in [0.5, 0.6) is 0 Å². The van der Waals surface area contributed by atoms with Gasteiger partial charge >= 0.3 is 0 Å². The van der Waals surface area contributed by atoms with Gasteiger partial charge in [-0.3, -0.25) is 0 Å². The molecule has 1 aromatic heterocycles. The first-order valence-electron chi connectivity index (χ1n) is 3.75. The van der Waals surface area contributed by atoms with Crippen molar-refractivity contribution in [3.05, 3.63) is 23.1 Å². The van der Waals surface area contributed by atoms with Crippen LogP contribution in [0.25, 0.3) is 10.2 Å². The molecule has 13 heavy (non-hydrogen) atoms. The summed E-state index contributed by atoms with van der Waals surface area (Å²) < 4.78 is 1.05. The lowest BCUT2D eigenvalue weighted by molar-refractivity contribution is 1.41. The molecule has 5 heteroatoms. The Labute approximate surface area is 78.6 Å². The van der Waals surface area contributed by atoms with Gasteiger partial charge in [0.15, 0.2) is 5.13 Å². The van der Waals surface area contributed by atoms with Crippen molar-refractivity contribution < 1.29 is 0 Å². The first-order valence-corrected chi connectivity index (χ1v) is 4.57. The summed E-state index contributed by atoms with van der Waals surface area (Å²) in [7, 11) is 1.82. The van der Waals surface area contributed by atoms with Crippen molar-refractivity contribution in [2.24, 2.45) is 5.18 Å². The summed E-state index contributed by atoms with van der Waals surface area (Å²) >= 11 is 1.55. The molecule has 2 rings (SSSR count). The molecule has 1 N–H and O–H groups in total. The standard InChI is InChI=1S/C8H7N3OS/c1-9-8-10-6-4-5(11-12)2-3-7(6)13-8/h2-4H,1H3,(H,9,10). The van der Waals surface area contributed by atoms with E-state index >= 15 is 0 Å². The van der Waals surface area contributed by atoms with Crippen LogP contribution in [0, 0.1) is 4.91 Å². The van der Waals surface area contributed by atoms with Crippen LogP contribution in [-0.2, 0) is 0 Å². The van der Waals surface area contributed by atoms with E-state index in [-0.39, 0.29) is 0 Å². The highest BCUT2D eigenvalue weighted by Gasteiger charge is 2.02. The van der Waals surface area contributed by atoms with Crippen molar-refractivity contribution in [1.29, 1.82) is 0 Å². The number of aromatic nitrogens is 1. The second kappa shape index (κ2) is 3.10. The highest BCUT2D eigenvalue weighted by atomic mass is 32.1. The van der Waals surface area contributed by atoms with E-state index in [0.29, 0.717) is 5.69 Å². The molecule has 1 aromatic carbocycles. The van der Waals surface area contributed by atoms with Gasteiger partial charge < -0.3 is 5.32 Å². The minimum Gasteiger partial charge on any atom is -0.365 e. The van der Waals surface area contributed by atoms with E-state index in [1.165, 1.54) is 0 Å². The Morgan fingerprint density at radius 3 is 3.08 bits per heavy atom. The van der Waals surface area contributed by atoms with Crippen LogP contribution < -0.4 is 5.32 Å². The number of anilines is 1. The van der Waals surface area contributed by atoms with E-state index in [4.69, 9.17) is 0 Å². The minimum atomic E-state index is 0.417. The van der Waals surface area contributed by atoms with Gasteiger partial charge in [0.05, 0.1) is 10.2 Å². The quantitative estimate of drug-likeness (QED) is 0.746. The van der Waals surface area contributed by atoms with Gasteiger partial charge in [-0.1, -0.05) is 11.3 Å². The third-order valence-corrected chi connectivity index (χ3v) is 2.74. The van der Waals surface area contributed by atoms with Gasteiger partial charge in [0.25, 0.3) is 0 Å². The number of nitroso groups, excluding NO2 is 1. The van der Waals surface area contributed by atoms with Gasteiger partial charge in [-0.25, -0.2) is 4.98 Å². The normalized spacial score (nSPS) is 10.2. The van der Waals surface area contributed by atoms with Crippen molar-refractivity contribution in [3.8, 4) is 0 Å². The Balaban J connectivity index is 2.63. The number of rotatable bonds is 2. The molecule has 0 radical (unpaired) electrons. The molecule has 0 saturated carbocycles. The summed E-state index contributed by atoms with van der Waals surface area (Å²) in [5.74, 6) is 0. The number of nitrogens with zero attached hydrogens (tertiary/aromatic N) is 2. The topological polar surface area (TPSA) is 54.4 Å². The molecule has 4 nitrogen and oxygen atoms in total. The maximum absolute atomic E-state index is 10.2. The lowest BCUT2D eigenvalue weighted by atomic mass is 10.3. The van der Waals surface area contributed by atoms with Crippen molar-refractivity contribution >= 4 is 32.4 Å². The fourth-order valence-electron chi connectivity index (χ4n) is 1.08. The van der Waals surface area contributed by atoms with Gasteiger partial charge in [0.2, 0.25) is 0 Å². The number of benzene rings is 1. The summed E-state index contributed by atoms with van der Waals surface area (Å²) in [4.78, 5) is 14.5. The molecule has 2 aromatic rings. The summed E-state index contributed by atoms with van der Waals surface area (Å²) in [6.45, 7) is 0. The summed E-state index contributed by atoms with van der Waals surface area (Å²) in [6, 6.07) is 5.22. The van der Waals surface area contributed by atoms with E-state index < -0.39 is 0 Å². The van der Waals surface area contributed by atoms with Gasteiger partial charge in [-0.2, -0.15) is 0 Å². The molecule has 0 spiro atoms. The predicted octanol–water partition coefficient (Wildman–Crippen LogP) is 2.74. The maximum Gasteiger partial charge on any atom is 0.183 e. The number of hydrogen-bond donors (Lipinski definition) is 1. The predicted molar refractivity (Wildman–Crippen MR) is 54.6 cm³/mol. The lowest BCUT2D eigenvalue weighted by Gasteiger charge is -1.86. The van der Waals surface area contributed by atoms with Crippen molar-refractivity contribution in [1.82, 2.24) is 4.98 Å². The third kappa shape index (κ3) is 1.38. The maximum atomic E-state index is 10.2. The summed E-state index contributed by atoms with van der Waals surface area (Å²) in [6.07, 6.45) is 0. The van der Waals surface area contributed by atoms with Gasteiger partial charge in [0.1, 0.15) is 5.69 Å². The van der Waals surface area contributed by atoms with Crippen molar-refractivity contribution in [3.63, 3.8) is 0 Å². The lowest BCUT2D eigenvalue weighted by Crippen LogP contribution is -1.83. The highest BCUT2D eigenvalue weighted by Crippen LogP contribution is 2.28. The second-order valence-corrected chi connectivity index (χ2v) is 3.54. The van der Waals surface area contributed by atoms with Crippen molar-refractivity contribution in [2.75, 3.05) is 12.4 Å². The Hall–Kier alpha value is -1.49. The number of nitrogens with one attached hydrogen (secondary N) is 1. The van der Waals surface area contributed by atoms with Gasteiger partial charge in [0, 0.05) is 7.05 Å². The average Bonchev–Trinajstić information content (AvgIpc) is 2.58. The zero-order chi connectivity index (χ0) is 9.26. The molecule has 0 aliphatic rings. The molecular weight excluding hydrogens is 186 g/mol. The SMILES string of the molecule is CNc1nc2cc(N=O)ccc2s1. The largest absolute Gasteiger partial charge is 0.365 e. The fraction of sp³-hybridized carbons (Fsp3) is 0.125. The second-order valence-electron chi connectivity index (χ2n) is 2.51. The Morgan fingerprint density at radius 2 is 2.38 bits per heavy atom. The molecule has 0 bridgehead atoms. The molecule has 0 unspecified atom stereocenters. The van der Waals surface area contributed by atoms with Crippen LogP contribution in [0.3, 0.4) is 0 Å². The van der Waals surface area contributed by atoms with Crippen LogP contribution in [0.2, 0.25) is 0 Å². The zero-order valence-electron chi connectivity index (χ0n) is 6.94. The first-order chi connectivity index (χ1) is 6.33. The van der Waals surface area contributed by atoms with Gasteiger partial charge in [-0.05, 0) is 23.4 Å². The van der Waals surface area contributed by atoms with Crippen LogP contribution in [-0.4, -0.2) is 12.0 Å². The molecular formula is C8H7N3OS. The molecule has 0 amide bonds. The van der Waals surface area contributed by atoms with Crippen LogP contribution in [0.15, 0.2) is 23.4 Å². The third-order valence-electron chi connectivity index (χ3n) is 1.69. The van der Waals surface area contributed by atoms with Crippen LogP contribution in [0.1, 0.15) is 0 Å². The van der Waals surface area contributed by atoms with Crippen molar-refractivity contribution in [2.45, 2.75) is 0 Å². The summed E-state index contributed by atoms with van der Waals surface area (Å²) in [5.41, 5.74) is 1.23. The zero-order valence-corrected chi connectivity index (χ0v) is 7.76. The van der Waals surface area contributed by atoms with E-state index in [9.17, 15) is 4.91 Å². The monoisotopic (exact) mass is 193 g/mol. The average molecular weight is 193 g/mol. The Bertz CT molecular complexity index is 452. The minimum absolute atomic E-state index is 0.417. The van der Waals surface area contributed by atoms with E-state index in [0.717, 1.165) is 15.3 Å². The highest BCUT2D eigenvalue weighted by molar-refractivity contribution is 7.22. The van der Waals surface area contributed by atoms with E-state index in [1.807, 2.05) is 13.1 Å².